The summed E-state index contributed by atoms with van der Waals surface area (Å²) >= 11 is 0. The third-order valence-corrected chi connectivity index (χ3v) is 7.56. The molecule has 0 atom stereocenters. The van der Waals surface area contributed by atoms with E-state index < -0.39 is 12.0 Å². The minimum absolute atomic E-state index is 0.324. The number of ether oxygens (including phenoxy) is 2. The fraction of sp³-hybridized carbons (Fsp3) is 0.607. The van der Waals surface area contributed by atoms with E-state index >= 15 is 0 Å². The first kappa shape index (κ1) is 28.4. The van der Waals surface area contributed by atoms with E-state index in [0.717, 1.165) is 25.7 Å². The number of alkyl halides is 2. The highest BCUT2D eigenvalue weighted by atomic mass is 19.3. The maximum Gasteiger partial charge on any atom is 0.296 e. The van der Waals surface area contributed by atoms with Crippen molar-refractivity contribution in [3.63, 3.8) is 0 Å². The monoisotopic (exact) mass is 559 g/mol. The predicted molar refractivity (Wildman–Crippen MR) is 150 cm³/mol. The van der Waals surface area contributed by atoms with Crippen LogP contribution in [-0.4, -0.2) is 82.8 Å². The van der Waals surface area contributed by atoms with Gasteiger partial charge < -0.3 is 30.1 Å². The number of hydrogen-bond acceptors (Lipinski definition) is 9. The number of fused-ring (bicyclic) bond motifs is 1. The van der Waals surface area contributed by atoms with Gasteiger partial charge in [-0.3, -0.25) is 4.57 Å². The van der Waals surface area contributed by atoms with Gasteiger partial charge in [-0.2, -0.15) is 9.97 Å². The molecule has 2 aromatic heterocycles. The quantitative estimate of drug-likeness (QED) is 0.340. The lowest BCUT2D eigenvalue weighted by Gasteiger charge is -2.31. The first-order valence-electron chi connectivity index (χ1n) is 14.0. The highest BCUT2D eigenvalue weighted by Crippen LogP contribution is 2.31. The van der Waals surface area contributed by atoms with Crippen LogP contribution in [0.15, 0.2) is 24.3 Å². The van der Waals surface area contributed by atoms with Crippen LogP contribution in [0.25, 0.3) is 16.9 Å². The molecule has 1 saturated carbocycles. The van der Waals surface area contributed by atoms with Crippen LogP contribution in [0.2, 0.25) is 0 Å². The second kappa shape index (κ2) is 12.2. The van der Waals surface area contributed by atoms with Crippen LogP contribution in [0, 0.1) is 5.92 Å². The molecule has 2 aliphatic rings. The molecule has 0 bridgehead atoms. The van der Waals surface area contributed by atoms with E-state index in [9.17, 15) is 13.9 Å². The Morgan fingerprint density at radius 3 is 2.48 bits per heavy atom. The average Bonchev–Trinajstić information content (AvgIpc) is 3.35. The number of morpholine rings is 1. The third-order valence-electron chi connectivity index (χ3n) is 7.56. The summed E-state index contributed by atoms with van der Waals surface area (Å²) in [5.41, 5.74) is 0.200. The lowest BCUT2D eigenvalue weighted by atomic mass is 9.86. The van der Waals surface area contributed by atoms with Gasteiger partial charge in [-0.15, -0.1) is 0 Å². The molecule has 40 heavy (non-hydrogen) atoms. The second-order valence-corrected chi connectivity index (χ2v) is 11.3. The van der Waals surface area contributed by atoms with Crippen LogP contribution in [-0.2, 0) is 4.74 Å². The van der Waals surface area contributed by atoms with Gasteiger partial charge in [-0.25, -0.2) is 13.8 Å². The lowest BCUT2D eigenvalue weighted by Crippen LogP contribution is -2.42. The van der Waals surface area contributed by atoms with Crippen LogP contribution in [0.4, 0.5) is 20.5 Å². The Hall–Kier alpha value is -3.09. The van der Waals surface area contributed by atoms with Crippen molar-refractivity contribution < 1.29 is 23.4 Å². The standard InChI is InChI=1S/C28H39F2N7O3/c1-28(2,38)17-32-19-6-4-18(5-7-19)16-31-27-34-23(36-10-12-40-13-11-36)15-24(35-27)37-22-14-20(39-3)8-9-21(22)33-26(37)25(29)30/h8-9,14-15,18-19,25,32,38H,4-7,10-13,16-17H2,1-3H3,(H,31,34,35)/t18-,19-. The van der Waals surface area contributed by atoms with Gasteiger partial charge in [0, 0.05) is 44.4 Å². The number of rotatable bonds is 10. The van der Waals surface area contributed by atoms with Gasteiger partial charge in [-0.1, -0.05) is 0 Å². The van der Waals surface area contributed by atoms with Gasteiger partial charge >= 0.3 is 0 Å². The molecule has 3 N–H and O–H groups in total. The summed E-state index contributed by atoms with van der Waals surface area (Å²) in [5.74, 6) is 1.98. The minimum Gasteiger partial charge on any atom is -0.497 e. The molecule has 1 aromatic carbocycles. The molecular weight excluding hydrogens is 520 g/mol. The number of halogens is 2. The maximum atomic E-state index is 14.2. The van der Waals surface area contributed by atoms with E-state index in [1.165, 1.54) is 11.7 Å². The van der Waals surface area contributed by atoms with E-state index in [1.54, 1.807) is 24.3 Å². The molecule has 0 unspecified atom stereocenters. The van der Waals surface area contributed by atoms with Crippen molar-refractivity contribution in [2.45, 2.75) is 57.6 Å². The molecule has 12 heteroatoms. The van der Waals surface area contributed by atoms with Gasteiger partial charge in [0.15, 0.2) is 5.82 Å². The number of methoxy groups -OCH3 is 1. The Bertz CT molecular complexity index is 1280. The van der Waals surface area contributed by atoms with Crippen molar-refractivity contribution in [3.05, 3.63) is 30.1 Å². The molecule has 3 aromatic rings. The van der Waals surface area contributed by atoms with Crippen LogP contribution in [0.5, 0.6) is 5.75 Å². The number of benzene rings is 1. The topological polar surface area (TPSA) is 110 Å². The van der Waals surface area contributed by atoms with Gasteiger partial charge in [0.1, 0.15) is 17.4 Å². The van der Waals surface area contributed by atoms with E-state index in [-0.39, 0.29) is 5.82 Å². The number of hydrogen-bond donors (Lipinski definition) is 3. The lowest BCUT2D eigenvalue weighted by molar-refractivity contribution is 0.0736. The summed E-state index contributed by atoms with van der Waals surface area (Å²) in [6.07, 6.45) is 1.34. The van der Waals surface area contributed by atoms with Crippen molar-refractivity contribution in [1.82, 2.24) is 24.8 Å². The highest BCUT2D eigenvalue weighted by Gasteiger charge is 2.26. The highest BCUT2D eigenvalue weighted by molar-refractivity contribution is 5.80. The van der Waals surface area contributed by atoms with E-state index in [4.69, 9.17) is 19.4 Å². The van der Waals surface area contributed by atoms with Gasteiger partial charge in [0.2, 0.25) is 5.95 Å². The Morgan fingerprint density at radius 1 is 1.07 bits per heavy atom. The Morgan fingerprint density at radius 2 is 1.80 bits per heavy atom. The first-order valence-corrected chi connectivity index (χ1v) is 14.0. The number of nitrogens with zero attached hydrogens (tertiary/aromatic N) is 5. The predicted octanol–water partition coefficient (Wildman–Crippen LogP) is 3.93. The van der Waals surface area contributed by atoms with Crippen molar-refractivity contribution >= 4 is 22.8 Å². The smallest absolute Gasteiger partial charge is 0.296 e. The summed E-state index contributed by atoms with van der Waals surface area (Å²) in [6, 6.07) is 7.21. The first-order chi connectivity index (χ1) is 19.2. The number of aromatic nitrogens is 4. The summed E-state index contributed by atoms with van der Waals surface area (Å²) in [6.45, 7) is 7.31. The second-order valence-electron chi connectivity index (χ2n) is 11.3. The molecule has 218 valence electrons. The summed E-state index contributed by atoms with van der Waals surface area (Å²) in [7, 11) is 1.54. The molecule has 1 saturated heterocycles. The zero-order chi connectivity index (χ0) is 28.3. The number of anilines is 2. The molecular formula is C28H39F2N7O3. The summed E-state index contributed by atoms with van der Waals surface area (Å²) in [4.78, 5) is 15.8. The van der Waals surface area contributed by atoms with Crippen LogP contribution < -0.4 is 20.3 Å². The van der Waals surface area contributed by atoms with Gasteiger partial charge in [-0.05, 0) is 57.6 Å². The minimum atomic E-state index is -2.79. The van der Waals surface area contributed by atoms with E-state index in [0.29, 0.717) is 85.7 Å². The van der Waals surface area contributed by atoms with Gasteiger partial charge in [0.25, 0.3) is 6.43 Å². The molecule has 2 fully saturated rings. The number of imidazole rings is 1. The van der Waals surface area contributed by atoms with Crippen molar-refractivity contribution in [2.75, 3.05) is 56.7 Å². The summed E-state index contributed by atoms with van der Waals surface area (Å²) in [5, 5.41) is 16.9. The molecule has 0 radical (unpaired) electrons. The zero-order valence-electron chi connectivity index (χ0n) is 23.4. The SMILES string of the molecule is COc1ccc2nc(C(F)F)n(-c3cc(N4CCOCC4)nc(NC[C@H]4CC[C@H](NCC(C)(C)O)CC4)n3)c2c1. The normalized spacial score (nSPS) is 20.3. The van der Waals surface area contributed by atoms with Crippen molar-refractivity contribution in [2.24, 2.45) is 5.92 Å². The molecule has 3 heterocycles. The fourth-order valence-corrected chi connectivity index (χ4v) is 5.36. The molecule has 1 aliphatic carbocycles. The van der Waals surface area contributed by atoms with Crippen molar-refractivity contribution in [1.29, 1.82) is 0 Å². The Balaban J connectivity index is 1.40. The number of nitrogens with one attached hydrogen (secondary N) is 2. The van der Waals surface area contributed by atoms with Crippen LogP contribution in [0.1, 0.15) is 51.8 Å². The largest absolute Gasteiger partial charge is 0.497 e. The Labute approximate surface area is 233 Å². The Kier molecular flexibility index (Phi) is 8.67. The number of aliphatic hydroxyl groups is 1. The van der Waals surface area contributed by atoms with E-state index in [2.05, 4.69) is 20.5 Å². The average molecular weight is 560 g/mol. The fourth-order valence-electron chi connectivity index (χ4n) is 5.36. The van der Waals surface area contributed by atoms with Crippen LogP contribution >= 0.6 is 0 Å². The third kappa shape index (κ3) is 6.79. The maximum absolute atomic E-state index is 14.2. The van der Waals surface area contributed by atoms with Crippen molar-refractivity contribution in [3.8, 4) is 11.6 Å². The molecule has 1 aliphatic heterocycles. The molecule has 10 nitrogen and oxygen atoms in total. The zero-order valence-corrected chi connectivity index (χ0v) is 23.4. The van der Waals surface area contributed by atoms with Gasteiger partial charge in [0.05, 0.1) is 37.0 Å². The molecule has 0 spiro atoms. The molecule has 0 amide bonds. The van der Waals surface area contributed by atoms with Crippen LogP contribution in [0.3, 0.4) is 0 Å². The molecule has 5 rings (SSSR count). The summed E-state index contributed by atoms with van der Waals surface area (Å²) < 4.78 is 40.7. The van der Waals surface area contributed by atoms with E-state index in [1.807, 2.05) is 13.8 Å².